The van der Waals surface area contributed by atoms with E-state index < -0.39 is 0 Å². The van der Waals surface area contributed by atoms with Crippen molar-refractivity contribution in [1.29, 1.82) is 0 Å². The number of rotatable bonds is 5. The van der Waals surface area contributed by atoms with Crippen molar-refractivity contribution in [2.75, 3.05) is 5.32 Å². The Balaban J connectivity index is 1.64. The van der Waals surface area contributed by atoms with E-state index in [0.29, 0.717) is 5.16 Å². The van der Waals surface area contributed by atoms with Crippen molar-refractivity contribution in [3.05, 3.63) is 47.3 Å². The van der Waals surface area contributed by atoms with Gasteiger partial charge in [-0.2, -0.15) is 0 Å². The Morgan fingerprint density at radius 1 is 1.30 bits per heavy atom. The van der Waals surface area contributed by atoms with Gasteiger partial charge in [0.15, 0.2) is 5.82 Å². The predicted octanol–water partition coefficient (Wildman–Crippen LogP) is 3.96. The summed E-state index contributed by atoms with van der Waals surface area (Å²) in [6.45, 7) is 3.81. The first kappa shape index (κ1) is 15.8. The lowest BCUT2D eigenvalue weighted by Crippen LogP contribution is -2.22. The van der Waals surface area contributed by atoms with Crippen LogP contribution in [0.3, 0.4) is 0 Å². The number of benzene rings is 1. The van der Waals surface area contributed by atoms with Crippen molar-refractivity contribution < 1.29 is 4.79 Å². The smallest absolute Gasteiger partial charge is 0.237 e. The zero-order chi connectivity index (χ0) is 16.2. The van der Waals surface area contributed by atoms with Crippen LogP contribution in [0.15, 0.2) is 46.9 Å². The van der Waals surface area contributed by atoms with E-state index >= 15 is 0 Å². The Labute approximate surface area is 142 Å². The minimum absolute atomic E-state index is 0.0632. The van der Waals surface area contributed by atoms with Gasteiger partial charge in [-0.15, -0.1) is 16.4 Å². The predicted molar refractivity (Wildman–Crippen MR) is 94.8 cm³/mol. The third-order valence-corrected chi connectivity index (χ3v) is 5.11. The topological polar surface area (TPSA) is 70.7 Å². The highest BCUT2D eigenvalue weighted by Gasteiger charge is 2.18. The molecule has 0 aliphatic heterocycles. The van der Waals surface area contributed by atoms with Crippen LogP contribution in [-0.2, 0) is 4.79 Å². The summed E-state index contributed by atoms with van der Waals surface area (Å²) in [7, 11) is 0. The Morgan fingerprint density at radius 3 is 2.87 bits per heavy atom. The number of aryl methyl sites for hydroxylation is 1. The molecule has 1 atom stereocenters. The maximum absolute atomic E-state index is 12.3. The van der Waals surface area contributed by atoms with E-state index in [1.165, 1.54) is 11.8 Å². The number of nitrogens with zero attached hydrogens (tertiary/aromatic N) is 2. The van der Waals surface area contributed by atoms with E-state index in [9.17, 15) is 4.79 Å². The number of carbonyl (C=O) groups is 1. The molecule has 1 amide bonds. The Morgan fingerprint density at radius 2 is 2.13 bits per heavy atom. The van der Waals surface area contributed by atoms with E-state index in [1.54, 1.807) is 11.3 Å². The molecule has 5 nitrogen and oxygen atoms in total. The zero-order valence-corrected chi connectivity index (χ0v) is 14.4. The van der Waals surface area contributed by atoms with Crippen LogP contribution in [0.25, 0.3) is 10.7 Å². The molecule has 0 saturated carbocycles. The molecule has 23 heavy (non-hydrogen) atoms. The summed E-state index contributed by atoms with van der Waals surface area (Å²) < 4.78 is 0. The molecule has 118 valence electrons. The quantitative estimate of drug-likeness (QED) is 0.687. The molecule has 0 fully saturated rings. The van der Waals surface area contributed by atoms with E-state index in [1.807, 2.05) is 55.6 Å². The third-order valence-electron chi connectivity index (χ3n) is 3.27. The van der Waals surface area contributed by atoms with Crippen molar-refractivity contribution in [3.63, 3.8) is 0 Å². The van der Waals surface area contributed by atoms with Crippen LogP contribution in [0.2, 0.25) is 0 Å². The molecule has 2 aromatic heterocycles. The number of aromatic amines is 1. The van der Waals surface area contributed by atoms with Gasteiger partial charge in [-0.1, -0.05) is 36.0 Å². The summed E-state index contributed by atoms with van der Waals surface area (Å²) in [5.74, 6) is 0.667. The van der Waals surface area contributed by atoms with Gasteiger partial charge >= 0.3 is 0 Å². The first-order chi connectivity index (χ1) is 11.1. The standard InChI is InChI=1S/C16H16N4OS2/c1-10-6-3-4-7-12(10)17-15(21)11(2)23-16-18-14(19-20-16)13-8-5-9-22-13/h3-9,11H,1-2H3,(H,17,21)(H,18,19,20). The van der Waals surface area contributed by atoms with E-state index in [4.69, 9.17) is 0 Å². The van der Waals surface area contributed by atoms with Crippen LogP contribution >= 0.6 is 23.1 Å². The largest absolute Gasteiger partial charge is 0.325 e. The van der Waals surface area contributed by atoms with E-state index in [0.717, 1.165) is 22.0 Å². The SMILES string of the molecule is Cc1ccccc1NC(=O)C(C)Sc1n[nH]c(-c2cccs2)n1. The molecule has 7 heteroatoms. The molecule has 3 rings (SSSR count). The van der Waals surface area contributed by atoms with Gasteiger partial charge < -0.3 is 5.32 Å². The van der Waals surface area contributed by atoms with Gasteiger partial charge in [-0.05, 0) is 36.9 Å². The summed E-state index contributed by atoms with van der Waals surface area (Å²) in [4.78, 5) is 17.8. The number of carbonyl (C=O) groups excluding carboxylic acids is 1. The molecule has 0 bridgehead atoms. The highest BCUT2D eigenvalue weighted by Crippen LogP contribution is 2.26. The number of para-hydroxylation sites is 1. The summed E-state index contributed by atoms with van der Waals surface area (Å²) in [6, 6.07) is 11.7. The van der Waals surface area contributed by atoms with Crippen molar-refractivity contribution in [2.45, 2.75) is 24.3 Å². The number of H-pyrrole nitrogens is 1. The first-order valence-electron chi connectivity index (χ1n) is 7.13. The fourth-order valence-corrected chi connectivity index (χ4v) is 3.37. The second-order valence-corrected chi connectivity index (χ2v) is 7.26. The average Bonchev–Trinajstić information content (AvgIpc) is 3.20. The van der Waals surface area contributed by atoms with Crippen molar-refractivity contribution >= 4 is 34.7 Å². The monoisotopic (exact) mass is 344 g/mol. The second kappa shape index (κ2) is 6.97. The van der Waals surface area contributed by atoms with Gasteiger partial charge in [0, 0.05) is 5.69 Å². The number of aromatic nitrogens is 3. The lowest BCUT2D eigenvalue weighted by molar-refractivity contribution is -0.115. The van der Waals surface area contributed by atoms with Crippen LogP contribution in [0.5, 0.6) is 0 Å². The molecule has 0 spiro atoms. The molecule has 0 aliphatic carbocycles. The van der Waals surface area contributed by atoms with Crippen molar-refractivity contribution in [2.24, 2.45) is 0 Å². The Bertz CT molecular complexity index is 798. The van der Waals surface area contributed by atoms with Crippen LogP contribution < -0.4 is 5.32 Å². The van der Waals surface area contributed by atoms with Crippen molar-refractivity contribution in [1.82, 2.24) is 15.2 Å². The Hall–Kier alpha value is -2.12. The van der Waals surface area contributed by atoms with Gasteiger partial charge in [0.05, 0.1) is 10.1 Å². The summed E-state index contributed by atoms with van der Waals surface area (Å²) in [5, 5.41) is 12.3. The summed E-state index contributed by atoms with van der Waals surface area (Å²) in [6.07, 6.45) is 0. The maximum Gasteiger partial charge on any atom is 0.237 e. The molecule has 1 aromatic carbocycles. The van der Waals surface area contributed by atoms with Crippen LogP contribution in [0, 0.1) is 6.92 Å². The normalized spacial score (nSPS) is 12.1. The maximum atomic E-state index is 12.3. The number of thioether (sulfide) groups is 1. The highest BCUT2D eigenvalue weighted by atomic mass is 32.2. The molecule has 2 N–H and O–H groups in total. The number of thiophene rings is 1. The van der Waals surface area contributed by atoms with E-state index in [-0.39, 0.29) is 11.2 Å². The number of anilines is 1. The number of amides is 1. The highest BCUT2D eigenvalue weighted by molar-refractivity contribution is 8.00. The average molecular weight is 344 g/mol. The van der Waals surface area contributed by atoms with Crippen LogP contribution in [0.4, 0.5) is 5.69 Å². The van der Waals surface area contributed by atoms with Crippen LogP contribution in [0.1, 0.15) is 12.5 Å². The first-order valence-corrected chi connectivity index (χ1v) is 8.89. The molecule has 2 heterocycles. The fraction of sp³-hybridized carbons (Fsp3) is 0.188. The molecular weight excluding hydrogens is 328 g/mol. The number of hydrogen-bond acceptors (Lipinski definition) is 5. The van der Waals surface area contributed by atoms with Gasteiger partial charge in [0.1, 0.15) is 0 Å². The molecule has 3 aromatic rings. The second-order valence-electron chi connectivity index (χ2n) is 5.01. The van der Waals surface area contributed by atoms with Gasteiger partial charge in [0.2, 0.25) is 11.1 Å². The molecule has 1 unspecified atom stereocenters. The minimum atomic E-state index is -0.290. The summed E-state index contributed by atoms with van der Waals surface area (Å²) >= 11 is 2.93. The number of hydrogen-bond donors (Lipinski definition) is 2. The van der Waals surface area contributed by atoms with Crippen molar-refractivity contribution in [3.8, 4) is 10.7 Å². The minimum Gasteiger partial charge on any atom is -0.325 e. The van der Waals surface area contributed by atoms with Crippen LogP contribution in [-0.4, -0.2) is 26.3 Å². The molecular formula is C16H16N4OS2. The fourth-order valence-electron chi connectivity index (χ4n) is 1.98. The summed E-state index contributed by atoms with van der Waals surface area (Å²) in [5.41, 5.74) is 1.87. The van der Waals surface area contributed by atoms with Gasteiger partial charge in [-0.25, -0.2) is 4.98 Å². The van der Waals surface area contributed by atoms with Gasteiger partial charge in [0.25, 0.3) is 0 Å². The Kier molecular flexibility index (Phi) is 4.78. The molecule has 0 aliphatic rings. The third kappa shape index (κ3) is 3.80. The molecule has 0 saturated heterocycles. The molecule has 0 radical (unpaired) electrons. The lowest BCUT2D eigenvalue weighted by atomic mass is 10.2. The zero-order valence-electron chi connectivity index (χ0n) is 12.7. The number of nitrogens with one attached hydrogen (secondary N) is 2. The van der Waals surface area contributed by atoms with E-state index in [2.05, 4.69) is 20.5 Å². The van der Waals surface area contributed by atoms with Gasteiger partial charge in [-0.3, -0.25) is 9.89 Å². The lowest BCUT2D eigenvalue weighted by Gasteiger charge is -2.11.